The first kappa shape index (κ1) is 20.0. The van der Waals surface area contributed by atoms with Gasteiger partial charge in [0.25, 0.3) is 5.91 Å². The lowest BCUT2D eigenvalue weighted by molar-refractivity contribution is -0.682. The van der Waals surface area contributed by atoms with Crippen LogP contribution in [0.5, 0.6) is 0 Å². The van der Waals surface area contributed by atoms with Crippen LogP contribution >= 0.6 is 0 Å². The van der Waals surface area contributed by atoms with Crippen molar-refractivity contribution in [2.45, 2.75) is 45.1 Å². The quantitative estimate of drug-likeness (QED) is 0.648. The number of benzene rings is 1. The third-order valence-electron chi connectivity index (χ3n) is 4.50. The van der Waals surface area contributed by atoms with E-state index in [1.807, 2.05) is 0 Å². The molecule has 1 atom stereocenters. The summed E-state index contributed by atoms with van der Waals surface area (Å²) >= 11 is 0. The molecule has 2 rings (SSSR count). The number of amides is 3. The first-order valence-corrected chi connectivity index (χ1v) is 8.99. The van der Waals surface area contributed by atoms with Crippen molar-refractivity contribution >= 4 is 11.9 Å². The topological polar surface area (TPSA) is 74.8 Å². The van der Waals surface area contributed by atoms with Crippen LogP contribution in [0.15, 0.2) is 29.8 Å². The Hall–Kier alpha value is -2.28. The van der Waals surface area contributed by atoms with Gasteiger partial charge in [-0.05, 0) is 57.2 Å². The van der Waals surface area contributed by atoms with Crippen molar-refractivity contribution in [1.82, 2.24) is 10.6 Å². The Kier molecular flexibility index (Phi) is 7.72. The lowest BCUT2D eigenvalue weighted by Gasteiger charge is -2.13. The van der Waals surface area contributed by atoms with Gasteiger partial charge < -0.3 is 10.6 Å². The highest BCUT2D eigenvalue weighted by molar-refractivity contribution is 5.94. The second-order valence-corrected chi connectivity index (χ2v) is 6.56. The maximum atomic E-state index is 13.2. The molecule has 3 amide bonds. The van der Waals surface area contributed by atoms with Crippen molar-refractivity contribution in [1.29, 1.82) is 0 Å². The molecule has 7 heteroatoms. The third-order valence-corrected chi connectivity index (χ3v) is 4.50. The second-order valence-electron chi connectivity index (χ2n) is 6.56. The number of hydrogen-bond donors (Lipinski definition) is 3. The number of urea groups is 1. The number of nitrogens with one attached hydrogen (secondary N) is 2. The van der Waals surface area contributed by atoms with E-state index >= 15 is 0 Å². The summed E-state index contributed by atoms with van der Waals surface area (Å²) in [5, 5.41) is 6.60. The number of allylic oxidation sites excluding steroid dienone is 1. The SMILES string of the molecule is C[C@@H]([NH2+]CC(=O)NC(=O)NCCC1=CCCCC1)c1ccc(F)c(F)c1. The molecule has 26 heavy (non-hydrogen) atoms. The predicted molar refractivity (Wildman–Crippen MR) is 94.3 cm³/mol. The van der Waals surface area contributed by atoms with Crippen LogP contribution in [-0.4, -0.2) is 25.0 Å². The second kappa shape index (κ2) is 10.0. The zero-order chi connectivity index (χ0) is 18.9. The fourth-order valence-electron chi connectivity index (χ4n) is 2.91. The van der Waals surface area contributed by atoms with Gasteiger partial charge in [0.15, 0.2) is 18.2 Å². The van der Waals surface area contributed by atoms with Gasteiger partial charge in [-0.3, -0.25) is 10.1 Å². The molecule has 5 nitrogen and oxygen atoms in total. The monoisotopic (exact) mass is 366 g/mol. The molecule has 4 N–H and O–H groups in total. The Morgan fingerprint density at radius 2 is 2.04 bits per heavy atom. The van der Waals surface area contributed by atoms with Gasteiger partial charge in [0, 0.05) is 12.1 Å². The summed E-state index contributed by atoms with van der Waals surface area (Å²) in [4.78, 5) is 23.6. The Bertz CT molecular complexity index is 677. The Balaban J connectivity index is 1.66. The van der Waals surface area contributed by atoms with Gasteiger partial charge in [-0.1, -0.05) is 11.6 Å². The minimum Gasteiger partial charge on any atom is -0.337 e. The highest BCUT2D eigenvalue weighted by Gasteiger charge is 2.15. The maximum absolute atomic E-state index is 13.2. The van der Waals surface area contributed by atoms with Gasteiger partial charge in [-0.15, -0.1) is 0 Å². The molecule has 0 bridgehead atoms. The number of hydrogen-bond acceptors (Lipinski definition) is 2. The molecule has 0 saturated carbocycles. The summed E-state index contributed by atoms with van der Waals surface area (Å²) in [5.74, 6) is -2.26. The minimum atomic E-state index is -0.917. The van der Waals surface area contributed by atoms with Crippen molar-refractivity contribution in [3.05, 3.63) is 47.0 Å². The zero-order valence-electron chi connectivity index (χ0n) is 15.0. The average molecular weight is 366 g/mol. The highest BCUT2D eigenvalue weighted by Crippen LogP contribution is 2.19. The molecule has 0 aliphatic heterocycles. The van der Waals surface area contributed by atoms with E-state index in [1.54, 1.807) is 12.2 Å². The van der Waals surface area contributed by atoms with E-state index in [1.165, 1.54) is 24.5 Å². The fraction of sp³-hybridized carbons (Fsp3) is 0.474. The summed E-state index contributed by atoms with van der Waals surface area (Å²) in [6.45, 7) is 2.29. The standard InChI is InChI=1S/C19H25F2N3O2/c1-13(15-7-8-16(20)17(21)11-15)23-12-18(25)24-19(26)22-10-9-14-5-3-2-4-6-14/h5,7-8,11,13,23H,2-4,6,9-10,12H2,1H3,(H2,22,24,25,26)/p+1/t13-/m1/s1. The number of nitrogens with two attached hydrogens (primary N) is 1. The van der Waals surface area contributed by atoms with E-state index in [9.17, 15) is 18.4 Å². The molecule has 0 heterocycles. The number of rotatable bonds is 7. The average Bonchev–Trinajstić information content (AvgIpc) is 2.63. The van der Waals surface area contributed by atoms with E-state index in [0.29, 0.717) is 12.1 Å². The molecule has 142 valence electrons. The molecule has 0 fully saturated rings. The number of carbonyl (C=O) groups is 2. The van der Waals surface area contributed by atoms with E-state index in [-0.39, 0.29) is 12.6 Å². The zero-order valence-corrected chi connectivity index (χ0v) is 15.0. The van der Waals surface area contributed by atoms with E-state index in [0.717, 1.165) is 31.4 Å². The Labute approximate surface area is 152 Å². The van der Waals surface area contributed by atoms with Crippen LogP contribution in [0.4, 0.5) is 13.6 Å². The van der Waals surface area contributed by atoms with Crippen LogP contribution < -0.4 is 16.0 Å². The third kappa shape index (κ3) is 6.55. The van der Waals surface area contributed by atoms with Crippen LogP contribution in [0.2, 0.25) is 0 Å². The first-order chi connectivity index (χ1) is 12.5. The molecule has 1 aliphatic rings. The van der Waals surface area contributed by atoms with Crippen LogP contribution in [0.1, 0.15) is 50.6 Å². The number of carbonyl (C=O) groups excluding carboxylic acids is 2. The summed E-state index contributed by atoms with van der Waals surface area (Å²) in [5.41, 5.74) is 1.93. The van der Waals surface area contributed by atoms with E-state index in [2.05, 4.69) is 16.7 Å². The number of halogens is 2. The molecular weight excluding hydrogens is 340 g/mol. The van der Waals surface area contributed by atoms with Crippen molar-refractivity contribution in [2.24, 2.45) is 0 Å². The Morgan fingerprint density at radius 1 is 1.23 bits per heavy atom. The molecule has 1 aliphatic carbocycles. The normalized spacial score (nSPS) is 15.1. The smallest absolute Gasteiger partial charge is 0.321 e. The molecular formula is C19H26F2N3O2+. The minimum absolute atomic E-state index is 0.0126. The van der Waals surface area contributed by atoms with Gasteiger partial charge in [0.05, 0.1) is 0 Å². The Morgan fingerprint density at radius 3 is 2.73 bits per heavy atom. The largest absolute Gasteiger partial charge is 0.337 e. The van der Waals surface area contributed by atoms with Crippen molar-refractivity contribution in [3.8, 4) is 0 Å². The van der Waals surface area contributed by atoms with Crippen LogP contribution in [-0.2, 0) is 4.79 Å². The predicted octanol–water partition coefficient (Wildman–Crippen LogP) is 2.31. The van der Waals surface area contributed by atoms with E-state index in [4.69, 9.17) is 0 Å². The van der Waals surface area contributed by atoms with Gasteiger partial charge >= 0.3 is 6.03 Å². The number of imide groups is 1. The molecule has 0 aromatic heterocycles. The molecule has 0 radical (unpaired) electrons. The van der Waals surface area contributed by atoms with Gasteiger partial charge in [-0.2, -0.15) is 0 Å². The molecule has 1 aromatic carbocycles. The molecule has 0 saturated heterocycles. The van der Waals surface area contributed by atoms with Crippen molar-refractivity contribution in [3.63, 3.8) is 0 Å². The van der Waals surface area contributed by atoms with Gasteiger partial charge in [0.1, 0.15) is 6.04 Å². The fourth-order valence-corrected chi connectivity index (χ4v) is 2.91. The summed E-state index contributed by atoms with van der Waals surface area (Å²) in [6, 6.07) is 2.90. The molecule has 0 spiro atoms. The van der Waals surface area contributed by atoms with Crippen molar-refractivity contribution < 1.29 is 23.7 Å². The molecule has 1 aromatic rings. The number of quaternary nitrogens is 1. The van der Waals surface area contributed by atoms with Crippen LogP contribution in [0, 0.1) is 11.6 Å². The highest BCUT2D eigenvalue weighted by atomic mass is 19.2. The summed E-state index contributed by atoms with van der Waals surface area (Å²) < 4.78 is 26.2. The van der Waals surface area contributed by atoms with Gasteiger partial charge in [0.2, 0.25) is 0 Å². The van der Waals surface area contributed by atoms with Crippen LogP contribution in [0.25, 0.3) is 0 Å². The summed E-state index contributed by atoms with van der Waals surface area (Å²) in [7, 11) is 0. The van der Waals surface area contributed by atoms with Crippen molar-refractivity contribution in [2.75, 3.05) is 13.1 Å². The van der Waals surface area contributed by atoms with E-state index < -0.39 is 23.6 Å². The molecule has 0 unspecified atom stereocenters. The van der Waals surface area contributed by atoms with Gasteiger partial charge in [-0.25, -0.2) is 13.6 Å². The maximum Gasteiger partial charge on any atom is 0.321 e. The first-order valence-electron chi connectivity index (χ1n) is 8.99. The van der Waals surface area contributed by atoms with Crippen LogP contribution in [0.3, 0.4) is 0 Å². The lowest BCUT2D eigenvalue weighted by atomic mass is 9.97. The lowest BCUT2D eigenvalue weighted by Crippen LogP contribution is -2.87. The summed E-state index contributed by atoms with van der Waals surface area (Å²) in [6.07, 6.45) is 7.64.